The maximum Gasteiger partial charge on any atom is 0.277 e. The molecular weight excluding hydrogens is 469 g/mol. The Hall–Kier alpha value is -3.01. The van der Waals surface area contributed by atoms with Gasteiger partial charge in [-0.25, -0.2) is 22.2 Å². The van der Waals surface area contributed by atoms with Crippen LogP contribution in [0.2, 0.25) is 0 Å². The fourth-order valence-corrected chi connectivity index (χ4v) is 6.55. The Morgan fingerprint density at radius 1 is 1.11 bits per heavy atom. The second-order valence-corrected chi connectivity index (χ2v) is 12.7. The molecule has 186 valence electrons. The van der Waals surface area contributed by atoms with E-state index in [0.29, 0.717) is 23.6 Å². The van der Waals surface area contributed by atoms with Gasteiger partial charge in [0, 0.05) is 22.7 Å². The van der Waals surface area contributed by atoms with E-state index < -0.39 is 9.84 Å². The average molecular weight is 500 g/mol. The molecule has 1 unspecified atom stereocenters. The summed E-state index contributed by atoms with van der Waals surface area (Å²) in [5.74, 6) is -0.0832. The summed E-state index contributed by atoms with van der Waals surface area (Å²) >= 11 is 0. The van der Waals surface area contributed by atoms with Crippen LogP contribution in [0.3, 0.4) is 0 Å². The SMILES string of the molecule is CC(C)(C)c1cc(NC(=O)c2nn(-c3ccc(F)cc3)c3c2CCCC3)n(C2CCS(=O)(=O)C2)n1. The molecule has 3 aromatic rings. The van der Waals surface area contributed by atoms with Gasteiger partial charge in [0.15, 0.2) is 15.5 Å². The van der Waals surface area contributed by atoms with Crippen LogP contribution in [-0.4, -0.2) is 45.4 Å². The number of halogens is 1. The average Bonchev–Trinajstić information content (AvgIpc) is 3.49. The molecule has 1 amide bonds. The summed E-state index contributed by atoms with van der Waals surface area (Å²) in [7, 11) is -3.13. The lowest BCUT2D eigenvalue weighted by molar-refractivity contribution is 0.101. The number of benzene rings is 1. The number of anilines is 1. The second-order valence-electron chi connectivity index (χ2n) is 10.5. The van der Waals surface area contributed by atoms with Crippen molar-refractivity contribution in [1.82, 2.24) is 19.6 Å². The normalized spacial score (nSPS) is 19.5. The summed E-state index contributed by atoms with van der Waals surface area (Å²) < 4.78 is 41.1. The minimum atomic E-state index is -3.13. The summed E-state index contributed by atoms with van der Waals surface area (Å²) in [6.07, 6.45) is 3.96. The van der Waals surface area contributed by atoms with Crippen LogP contribution >= 0.6 is 0 Å². The van der Waals surface area contributed by atoms with Crippen LogP contribution < -0.4 is 5.32 Å². The van der Waals surface area contributed by atoms with Gasteiger partial charge in [-0.15, -0.1) is 0 Å². The topological polar surface area (TPSA) is 98.9 Å². The molecular formula is C25H30FN5O3S. The van der Waals surface area contributed by atoms with Crippen LogP contribution in [0.15, 0.2) is 30.3 Å². The van der Waals surface area contributed by atoms with E-state index in [1.165, 1.54) is 12.1 Å². The molecule has 2 aromatic heterocycles. The van der Waals surface area contributed by atoms with Crippen molar-refractivity contribution in [3.63, 3.8) is 0 Å². The van der Waals surface area contributed by atoms with Crippen molar-refractivity contribution in [2.75, 3.05) is 16.8 Å². The van der Waals surface area contributed by atoms with Gasteiger partial charge in [-0.2, -0.15) is 10.2 Å². The van der Waals surface area contributed by atoms with E-state index in [9.17, 15) is 17.6 Å². The van der Waals surface area contributed by atoms with E-state index in [4.69, 9.17) is 5.10 Å². The number of sulfone groups is 1. The molecule has 1 atom stereocenters. The zero-order valence-electron chi connectivity index (χ0n) is 20.2. The Balaban J connectivity index is 1.51. The van der Waals surface area contributed by atoms with Crippen LogP contribution in [0.1, 0.15) is 73.5 Å². The summed E-state index contributed by atoms with van der Waals surface area (Å²) in [4.78, 5) is 13.5. The minimum Gasteiger partial charge on any atom is -0.305 e. The number of fused-ring (bicyclic) bond motifs is 1. The summed E-state index contributed by atoms with van der Waals surface area (Å²) in [6.45, 7) is 6.08. The lowest BCUT2D eigenvalue weighted by atomic mass is 9.92. The standard InChI is InChI=1S/C25H30FN5O3S/c1-25(2,3)21-14-22(31(28-21)18-12-13-35(33,34)15-18)27-24(32)23-19-6-4-5-7-20(19)30(29-23)17-10-8-16(26)9-11-17/h8-11,14,18H,4-7,12-13,15H2,1-3H3,(H,27,32). The van der Waals surface area contributed by atoms with E-state index in [1.54, 1.807) is 21.5 Å². The van der Waals surface area contributed by atoms with Crippen LogP contribution in [0.5, 0.6) is 0 Å². The predicted molar refractivity (Wildman–Crippen MR) is 131 cm³/mol. The zero-order valence-corrected chi connectivity index (χ0v) is 21.0. The lowest BCUT2D eigenvalue weighted by Crippen LogP contribution is -2.21. The fourth-order valence-electron chi connectivity index (χ4n) is 4.85. The van der Waals surface area contributed by atoms with Gasteiger partial charge in [0.2, 0.25) is 0 Å². The number of hydrogen-bond acceptors (Lipinski definition) is 5. The van der Waals surface area contributed by atoms with Gasteiger partial charge in [-0.3, -0.25) is 4.79 Å². The molecule has 3 heterocycles. The van der Waals surface area contributed by atoms with Gasteiger partial charge in [-0.1, -0.05) is 20.8 Å². The van der Waals surface area contributed by atoms with Crippen molar-refractivity contribution in [2.24, 2.45) is 0 Å². The molecule has 10 heteroatoms. The fraction of sp³-hybridized carbons (Fsp3) is 0.480. The largest absolute Gasteiger partial charge is 0.305 e. The third-order valence-electron chi connectivity index (χ3n) is 6.77. The molecule has 2 aliphatic rings. The molecule has 1 aliphatic heterocycles. The van der Waals surface area contributed by atoms with Crippen molar-refractivity contribution in [1.29, 1.82) is 0 Å². The molecule has 1 N–H and O–H groups in total. The molecule has 0 saturated carbocycles. The zero-order chi connectivity index (χ0) is 25.0. The molecule has 0 bridgehead atoms. The first-order chi connectivity index (χ1) is 16.5. The molecule has 8 nitrogen and oxygen atoms in total. The Morgan fingerprint density at radius 2 is 1.83 bits per heavy atom. The summed E-state index contributed by atoms with van der Waals surface area (Å²) in [5, 5.41) is 12.3. The Morgan fingerprint density at radius 3 is 2.49 bits per heavy atom. The molecule has 1 aliphatic carbocycles. The number of nitrogens with zero attached hydrogens (tertiary/aromatic N) is 4. The van der Waals surface area contributed by atoms with E-state index >= 15 is 0 Å². The Labute approximate surface area is 204 Å². The van der Waals surface area contributed by atoms with Gasteiger partial charge in [0.25, 0.3) is 5.91 Å². The highest BCUT2D eigenvalue weighted by Gasteiger charge is 2.34. The summed E-state index contributed by atoms with van der Waals surface area (Å²) in [6, 6.07) is 7.58. The first kappa shape index (κ1) is 23.7. The van der Waals surface area contributed by atoms with Gasteiger partial charge in [0.05, 0.1) is 28.9 Å². The molecule has 1 saturated heterocycles. The lowest BCUT2D eigenvalue weighted by Gasteiger charge is -2.16. The van der Waals surface area contributed by atoms with E-state index in [-0.39, 0.29) is 34.7 Å². The number of hydrogen-bond donors (Lipinski definition) is 1. The van der Waals surface area contributed by atoms with Crippen LogP contribution in [0.25, 0.3) is 5.69 Å². The first-order valence-electron chi connectivity index (χ1n) is 12.0. The van der Waals surface area contributed by atoms with Crippen LogP contribution in [-0.2, 0) is 28.1 Å². The van der Waals surface area contributed by atoms with Gasteiger partial charge < -0.3 is 5.32 Å². The Bertz CT molecular complexity index is 1380. The molecule has 0 spiro atoms. The predicted octanol–water partition coefficient (Wildman–Crippen LogP) is 4.00. The Kier molecular flexibility index (Phi) is 5.82. The molecule has 35 heavy (non-hydrogen) atoms. The van der Waals surface area contributed by atoms with Crippen molar-refractivity contribution in [3.05, 3.63) is 58.8 Å². The number of carbonyl (C=O) groups excluding carboxylic acids is 1. The van der Waals surface area contributed by atoms with Gasteiger partial charge in [0.1, 0.15) is 11.6 Å². The van der Waals surface area contributed by atoms with Crippen molar-refractivity contribution in [3.8, 4) is 5.69 Å². The molecule has 1 aromatic carbocycles. The van der Waals surface area contributed by atoms with Crippen molar-refractivity contribution >= 4 is 21.6 Å². The third-order valence-corrected chi connectivity index (χ3v) is 8.52. The minimum absolute atomic E-state index is 0.00965. The maximum atomic E-state index is 13.5. The highest BCUT2D eigenvalue weighted by atomic mass is 32.2. The quantitative estimate of drug-likeness (QED) is 0.585. The van der Waals surface area contributed by atoms with Crippen LogP contribution in [0.4, 0.5) is 10.2 Å². The smallest absolute Gasteiger partial charge is 0.277 e. The molecule has 0 radical (unpaired) electrons. The van der Waals surface area contributed by atoms with E-state index in [1.807, 2.05) is 26.8 Å². The van der Waals surface area contributed by atoms with Gasteiger partial charge in [-0.05, 0) is 56.4 Å². The number of nitrogens with one attached hydrogen (secondary N) is 1. The van der Waals surface area contributed by atoms with E-state index in [0.717, 1.165) is 42.6 Å². The highest BCUT2D eigenvalue weighted by molar-refractivity contribution is 7.91. The van der Waals surface area contributed by atoms with Crippen LogP contribution in [0, 0.1) is 5.82 Å². The monoisotopic (exact) mass is 499 g/mol. The number of aromatic nitrogens is 4. The molecule has 5 rings (SSSR count). The maximum absolute atomic E-state index is 13.5. The summed E-state index contributed by atoms with van der Waals surface area (Å²) in [5.41, 5.74) is 3.43. The second kappa shape index (κ2) is 8.58. The third kappa shape index (κ3) is 4.63. The highest BCUT2D eigenvalue weighted by Crippen LogP contribution is 2.32. The number of amides is 1. The number of rotatable bonds is 4. The number of carbonyl (C=O) groups is 1. The van der Waals surface area contributed by atoms with Crippen molar-refractivity contribution < 1.29 is 17.6 Å². The first-order valence-corrected chi connectivity index (χ1v) is 13.8. The van der Waals surface area contributed by atoms with Crippen molar-refractivity contribution in [2.45, 2.75) is 64.3 Å². The molecule has 1 fully saturated rings. The van der Waals surface area contributed by atoms with Gasteiger partial charge >= 0.3 is 0 Å². The van der Waals surface area contributed by atoms with E-state index in [2.05, 4.69) is 10.4 Å².